The van der Waals surface area contributed by atoms with Crippen molar-refractivity contribution < 1.29 is 9.53 Å². The summed E-state index contributed by atoms with van der Waals surface area (Å²) in [6.45, 7) is 7.46. The number of fused-ring (bicyclic) bond motifs is 3. The average molecular weight is 452 g/mol. The fraction of sp³-hybridized carbons (Fsp3) is 0.417. The van der Waals surface area contributed by atoms with Crippen LogP contribution in [-0.4, -0.2) is 35.7 Å². The van der Waals surface area contributed by atoms with Crippen LogP contribution in [0.15, 0.2) is 33.9 Å². The molecule has 0 aliphatic heterocycles. The number of aryl methyl sites for hydroxylation is 3. The Kier molecular flexibility index (Phi) is 5.97. The molecule has 0 aliphatic rings. The lowest BCUT2D eigenvalue weighted by Gasteiger charge is -2.09. The maximum atomic E-state index is 13.3. The third-order valence-electron chi connectivity index (χ3n) is 6.13. The standard InChI is InChI=1S/C24H29N5O4/c1-6-8-9-17-10-12-18(13-11-17)28-15(3)16(4)29-20-21(25-23(28)29)26(5)24(32)27(22(20)31)14-19(30)33-7-2/h10-13H,6-9,14H2,1-5H3. The van der Waals surface area contributed by atoms with Crippen molar-refractivity contribution >= 4 is 22.9 Å². The van der Waals surface area contributed by atoms with Gasteiger partial charge in [-0.05, 0) is 51.3 Å². The Morgan fingerprint density at radius 2 is 1.76 bits per heavy atom. The second kappa shape index (κ2) is 8.73. The summed E-state index contributed by atoms with van der Waals surface area (Å²) >= 11 is 0. The molecule has 9 nitrogen and oxygen atoms in total. The summed E-state index contributed by atoms with van der Waals surface area (Å²) in [4.78, 5) is 42.9. The Balaban J connectivity index is 1.95. The number of hydrogen-bond donors (Lipinski definition) is 0. The SMILES string of the molecule is CCCCc1ccc(-n2c(C)c(C)n3c4c(=O)n(CC(=O)OCC)c(=O)n(C)c4nc23)cc1. The molecule has 33 heavy (non-hydrogen) atoms. The van der Waals surface area contributed by atoms with Gasteiger partial charge >= 0.3 is 11.7 Å². The Morgan fingerprint density at radius 3 is 2.39 bits per heavy atom. The van der Waals surface area contributed by atoms with Crippen LogP contribution in [0.25, 0.3) is 22.6 Å². The first-order valence-corrected chi connectivity index (χ1v) is 11.2. The number of esters is 1. The van der Waals surface area contributed by atoms with E-state index < -0.39 is 23.8 Å². The first kappa shape index (κ1) is 22.6. The van der Waals surface area contributed by atoms with Crippen molar-refractivity contribution in [2.24, 2.45) is 7.05 Å². The number of carbonyl (C=O) groups excluding carboxylic acids is 1. The highest BCUT2D eigenvalue weighted by molar-refractivity contribution is 5.78. The smallest absolute Gasteiger partial charge is 0.333 e. The second-order valence-electron chi connectivity index (χ2n) is 8.23. The molecule has 0 fully saturated rings. The second-order valence-corrected chi connectivity index (χ2v) is 8.23. The third-order valence-corrected chi connectivity index (χ3v) is 6.13. The molecule has 0 N–H and O–H groups in total. The fourth-order valence-corrected chi connectivity index (χ4v) is 4.23. The van der Waals surface area contributed by atoms with Gasteiger partial charge in [0, 0.05) is 24.1 Å². The molecule has 174 valence electrons. The number of carbonyl (C=O) groups is 1. The lowest BCUT2D eigenvalue weighted by atomic mass is 10.1. The van der Waals surface area contributed by atoms with E-state index in [4.69, 9.17) is 4.74 Å². The molecule has 0 bridgehead atoms. The topological polar surface area (TPSA) is 92.5 Å². The van der Waals surface area contributed by atoms with Crippen LogP contribution in [-0.2, 0) is 29.5 Å². The summed E-state index contributed by atoms with van der Waals surface area (Å²) in [6.07, 6.45) is 3.32. The number of imidazole rings is 2. The van der Waals surface area contributed by atoms with Crippen LogP contribution in [0.5, 0.6) is 0 Å². The van der Waals surface area contributed by atoms with Crippen LogP contribution in [0, 0.1) is 13.8 Å². The minimum atomic E-state index is -0.634. The van der Waals surface area contributed by atoms with Crippen molar-refractivity contribution in [1.29, 1.82) is 0 Å². The number of rotatable bonds is 7. The summed E-state index contributed by atoms with van der Waals surface area (Å²) in [5, 5.41) is 0. The predicted octanol–water partition coefficient (Wildman–Crippen LogP) is 2.66. The summed E-state index contributed by atoms with van der Waals surface area (Å²) in [5.41, 5.74) is 3.33. The van der Waals surface area contributed by atoms with Gasteiger partial charge in [-0.2, -0.15) is 4.98 Å². The number of ether oxygens (including phenoxy) is 1. The van der Waals surface area contributed by atoms with Crippen molar-refractivity contribution in [3.8, 4) is 5.69 Å². The molecule has 4 rings (SSSR count). The Labute approximate surface area is 190 Å². The maximum absolute atomic E-state index is 13.3. The minimum absolute atomic E-state index is 0.172. The zero-order chi connectivity index (χ0) is 23.9. The summed E-state index contributed by atoms with van der Waals surface area (Å²) in [5.74, 6) is -0.0901. The first-order valence-electron chi connectivity index (χ1n) is 11.2. The molecule has 0 saturated heterocycles. The van der Waals surface area contributed by atoms with Crippen LogP contribution in [0.2, 0.25) is 0 Å². The van der Waals surface area contributed by atoms with Crippen LogP contribution < -0.4 is 11.2 Å². The fourth-order valence-electron chi connectivity index (χ4n) is 4.23. The summed E-state index contributed by atoms with van der Waals surface area (Å²) in [6, 6.07) is 8.33. The van der Waals surface area contributed by atoms with Gasteiger partial charge in [-0.3, -0.25) is 23.1 Å². The van der Waals surface area contributed by atoms with E-state index in [9.17, 15) is 14.4 Å². The zero-order valence-corrected chi connectivity index (χ0v) is 19.7. The van der Waals surface area contributed by atoms with Gasteiger partial charge in [0.1, 0.15) is 6.54 Å². The highest BCUT2D eigenvalue weighted by Gasteiger charge is 2.24. The van der Waals surface area contributed by atoms with E-state index in [0.29, 0.717) is 5.78 Å². The van der Waals surface area contributed by atoms with Crippen molar-refractivity contribution in [2.75, 3.05) is 6.61 Å². The van der Waals surface area contributed by atoms with E-state index in [1.165, 1.54) is 10.1 Å². The number of hydrogen-bond acceptors (Lipinski definition) is 5. The molecule has 3 heterocycles. The molecule has 0 radical (unpaired) electrons. The zero-order valence-electron chi connectivity index (χ0n) is 19.7. The number of aromatic nitrogens is 5. The highest BCUT2D eigenvalue weighted by Crippen LogP contribution is 2.25. The quantitative estimate of drug-likeness (QED) is 0.403. The summed E-state index contributed by atoms with van der Waals surface area (Å²) in [7, 11) is 1.55. The molecule has 3 aromatic heterocycles. The highest BCUT2D eigenvalue weighted by atomic mass is 16.5. The number of unbranched alkanes of at least 4 members (excludes halogenated alkanes) is 1. The molecule has 9 heteroatoms. The minimum Gasteiger partial charge on any atom is -0.465 e. The Hall–Kier alpha value is -3.62. The van der Waals surface area contributed by atoms with Gasteiger partial charge in [0.2, 0.25) is 5.78 Å². The van der Waals surface area contributed by atoms with Crippen LogP contribution in [0.1, 0.15) is 43.6 Å². The van der Waals surface area contributed by atoms with Crippen molar-refractivity contribution in [3.63, 3.8) is 0 Å². The van der Waals surface area contributed by atoms with E-state index in [-0.39, 0.29) is 17.8 Å². The molecule has 0 atom stereocenters. The molecule has 0 amide bonds. The molecule has 4 aromatic rings. The largest absolute Gasteiger partial charge is 0.465 e. The predicted molar refractivity (Wildman–Crippen MR) is 126 cm³/mol. The lowest BCUT2D eigenvalue weighted by Crippen LogP contribution is -2.41. The van der Waals surface area contributed by atoms with E-state index in [1.807, 2.05) is 18.4 Å². The van der Waals surface area contributed by atoms with E-state index >= 15 is 0 Å². The first-order chi connectivity index (χ1) is 15.8. The van der Waals surface area contributed by atoms with Crippen molar-refractivity contribution in [3.05, 3.63) is 62.1 Å². The van der Waals surface area contributed by atoms with Gasteiger partial charge in [0.25, 0.3) is 5.56 Å². The van der Waals surface area contributed by atoms with Crippen molar-refractivity contribution in [2.45, 2.75) is 53.5 Å². The third kappa shape index (κ3) is 3.67. The van der Waals surface area contributed by atoms with Crippen LogP contribution in [0.3, 0.4) is 0 Å². The van der Waals surface area contributed by atoms with Gasteiger partial charge in [-0.1, -0.05) is 25.5 Å². The molecule has 0 aliphatic carbocycles. The van der Waals surface area contributed by atoms with E-state index in [1.54, 1.807) is 18.4 Å². The van der Waals surface area contributed by atoms with Crippen molar-refractivity contribution in [1.82, 2.24) is 23.1 Å². The maximum Gasteiger partial charge on any atom is 0.333 e. The average Bonchev–Trinajstić information content (AvgIpc) is 3.30. The van der Waals surface area contributed by atoms with E-state index in [0.717, 1.165) is 40.9 Å². The van der Waals surface area contributed by atoms with Crippen LogP contribution in [0.4, 0.5) is 0 Å². The molecule has 0 unspecified atom stereocenters. The molecule has 1 aromatic carbocycles. The monoisotopic (exact) mass is 451 g/mol. The van der Waals surface area contributed by atoms with Gasteiger partial charge in [-0.25, -0.2) is 9.36 Å². The summed E-state index contributed by atoms with van der Waals surface area (Å²) < 4.78 is 10.9. The van der Waals surface area contributed by atoms with Gasteiger partial charge in [0.05, 0.1) is 6.61 Å². The number of nitrogens with zero attached hydrogens (tertiary/aromatic N) is 5. The number of benzene rings is 1. The van der Waals surface area contributed by atoms with E-state index in [2.05, 4.69) is 36.2 Å². The van der Waals surface area contributed by atoms with Gasteiger partial charge in [0.15, 0.2) is 11.2 Å². The Morgan fingerprint density at radius 1 is 1.06 bits per heavy atom. The molecule has 0 saturated carbocycles. The molecular weight excluding hydrogens is 422 g/mol. The van der Waals surface area contributed by atoms with Crippen LogP contribution >= 0.6 is 0 Å². The van der Waals surface area contributed by atoms with Gasteiger partial charge < -0.3 is 4.74 Å². The molecular formula is C24H29N5O4. The normalized spacial score (nSPS) is 11.5. The lowest BCUT2D eigenvalue weighted by molar-refractivity contribution is -0.143. The Bertz CT molecular complexity index is 1470. The van der Waals surface area contributed by atoms with Gasteiger partial charge in [-0.15, -0.1) is 0 Å². The molecule has 0 spiro atoms.